The molecule has 0 saturated carbocycles. The summed E-state index contributed by atoms with van der Waals surface area (Å²) in [6, 6.07) is 6.18. The Hall–Kier alpha value is -1.59. The molecule has 116 valence electrons. The van der Waals surface area contributed by atoms with Crippen LogP contribution in [0.5, 0.6) is 5.75 Å². The molecule has 5 heteroatoms. The highest BCUT2D eigenvalue weighted by Crippen LogP contribution is 2.15. The zero-order valence-electron chi connectivity index (χ0n) is 12.3. The molecule has 21 heavy (non-hydrogen) atoms. The summed E-state index contributed by atoms with van der Waals surface area (Å²) >= 11 is 0. The average Bonchev–Trinajstić information content (AvgIpc) is 2.50. The van der Waals surface area contributed by atoms with Crippen molar-refractivity contribution in [2.24, 2.45) is 5.73 Å². The number of nitrogens with one attached hydrogen (secondary N) is 1. The Morgan fingerprint density at radius 3 is 2.81 bits per heavy atom. The normalized spacial score (nSPS) is 20.0. The highest BCUT2D eigenvalue weighted by Gasteiger charge is 2.16. The zero-order valence-corrected chi connectivity index (χ0v) is 12.3. The van der Waals surface area contributed by atoms with Gasteiger partial charge in [0.1, 0.15) is 5.75 Å². The minimum absolute atomic E-state index is 0.140. The monoisotopic (exact) mass is 292 g/mol. The van der Waals surface area contributed by atoms with Crippen LogP contribution in [-0.2, 0) is 16.0 Å². The molecule has 1 amide bonds. The molecule has 0 radical (unpaired) electrons. The molecule has 0 bridgehead atoms. The molecule has 1 aromatic carbocycles. The van der Waals surface area contributed by atoms with Gasteiger partial charge in [0.15, 0.2) is 0 Å². The molecule has 1 aromatic rings. The molecule has 2 rings (SSSR count). The third-order valence-electron chi connectivity index (χ3n) is 3.77. The van der Waals surface area contributed by atoms with Crippen molar-refractivity contribution in [2.75, 3.05) is 13.2 Å². The van der Waals surface area contributed by atoms with Gasteiger partial charge >= 0.3 is 0 Å². The Bertz CT molecular complexity index is 441. The Balaban J connectivity index is 1.68. The van der Waals surface area contributed by atoms with Gasteiger partial charge < -0.3 is 20.9 Å². The van der Waals surface area contributed by atoms with E-state index in [1.807, 2.05) is 0 Å². The van der Waals surface area contributed by atoms with Crippen LogP contribution in [0.15, 0.2) is 24.3 Å². The lowest BCUT2D eigenvalue weighted by Crippen LogP contribution is -2.43. The van der Waals surface area contributed by atoms with Crippen molar-refractivity contribution < 1.29 is 14.6 Å². The van der Waals surface area contributed by atoms with Gasteiger partial charge in [0, 0.05) is 13.2 Å². The standard InChI is InChI=1S/C16H24N2O3/c17-15(11-12-4-6-13(19)7-5-12)16(20)18-9-8-14-3-1-2-10-21-14/h4-7,14-15,19H,1-3,8-11,17H2,(H,18,20)/t14?,15-/m1/s1. The molecule has 1 fully saturated rings. The average molecular weight is 292 g/mol. The predicted molar refractivity (Wildman–Crippen MR) is 81.0 cm³/mol. The summed E-state index contributed by atoms with van der Waals surface area (Å²) in [5.74, 6) is 0.0724. The van der Waals surface area contributed by atoms with Gasteiger partial charge in [-0.05, 0) is 49.8 Å². The van der Waals surface area contributed by atoms with E-state index in [1.54, 1.807) is 24.3 Å². The van der Waals surface area contributed by atoms with E-state index < -0.39 is 6.04 Å². The number of hydrogen-bond donors (Lipinski definition) is 3. The van der Waals surface area contributed by atoms with Gasteiger partial charge in [-0.3, -0.25) is 4.79 Å². The van der Waals surface area contributed by atoms with E-state index >= 15 is 0 Å². The van der Waals surface area contributed by atoms with Crippen LogP contribution in [0.1, 0.15) is 31.2 Å². The first-order valence-corrected chi connectivity index (χ1v) is 7.58. The first-order valence-electron chi connectivity index (χ1n) is 7.58. The number of carbonyl (C=O) groups is 1. The largest absolute Gasteiger partial charge is 0.508 e. The number of phenolic OH excluding ortho intramolecular Hbond substituents is 1. The lowest BCUT2D eigenvalue weighted by molar-refractivity contribution is -0.122. The second-order valence-corrected chi connectivity index (χ2v) is 5.55. The van der Waals surface area contributed by atoms with Crippen LogP contribution in [0.2, 0.25) is 0 Å². The molecule has 0 aliphatic carbocycles. The van der Waals surface area contributed by atoms with Crippen LogP contribution in [0.3, 0.4) is 0 Å². The van der Waals surface area contributed by atoms with Gasteiger partial charge in [-0.2, -0.15) is 0 Å². The third kappa shape index (κ3) is 5.36. The highest BCUT2D eigenvalue weighted by atomic mass is 16.5. The smallest absolute Gasteiger partial charge is 0.237 e. The maximum atomic E-state index is 11.9. The van der Waals surface area contributed by atoms with E-state index in [0.717, 1.165) is 31.4 Å². The van der Waals surface area contributed by atoms with Crippen LogP contribution in [0, 0.1) is 0 Å². The van der Waals surface area contributed by atoms with Crippen LogP contribution in [0.25, 0.3) is 0 Å². The zero-order chi connectivity index (χ0) is 15.1. The Morgan fingerprint density at radius 1 is 1.38 bits per heavy atom. The number of rotatable bonds is 6. The van der Waals surface area contributed by atoms with Gasteiger partial charge in [0.05, 0.1) is 12.1 Å². The SMILES string of the molecule is N[C@H](Cc1ccc(O)cc1)C(=O)NCCC1CCCCO1. The Labute approximate surface area is 125 Å². The maximum Gasteiger partial charge on any atom is 0.237 e. The van der Waals surface area contributed by atoms with Gasteiger partial charge in [-0.1, -0.05) is 12.1 Å². The summed E-state index contributed by atoms with van der Waals surface area (Å²) < 4.78 is 5.62. The molecule has 5 nitrogen and oxygen atoms in total. The lowest BCUT2D eigenvalue weighted by Gasteiger charge is -2.22. The van der Waals surface area contributed by atoms with E-state index in [0.29, 0.717) is 13.0 Å². The predicted octanol–water partition coefficient (Wildman–Crippen LogP) is 1.34. The summed E-state index contributed by atoms with van der Waals surface area (Å²) in [6.07, 6.45) is 5.01. The molecule has 1 unspecified atom stereocenters. The number of benzene rings is 1. The molecule has 1 aliphatic heterocycles. The van der Waals surface area contributed by atoms with E-state index in [4.69, 9.17) is 10.5 Å². The maximum absolute atomic E-state index is 11.9. The van der Waals surface area contributed by atoms with Crippen LogP contribution in [0.4, 0.5) is 0 Å². The second-order valence-electron chi connectivity index (χ2n) is 5.55. The summed E-state index contributed by atoms with van der Waals surface area (Å²) in [7, 11) is 0. The number of aromatic hydroxyl groups is 1. The molecule has 0 spiro atoms. The van der Waals surface area contributed by atoms with Gasteiger partial charge in [0.2, 0.25) is 5.91 Å². The molecule has 1 saturated heterocycles. The van der Waals surface area contributed by atoms with Crippen molar-refractivity contribution in [3.05, 3.63) is 29.8 Å². The van der Waals surface area contributed by atoms with Gasteiger partial charge in [-0.15, -0.1) is 0 Å². The van der Waals surface area contributed by atoms with Gasteiger partial charge in [0.25, 0.3) is 0 Å². The fourth-order valence-corrected chi connectivity index (χ4v) is 2.50. The van der Waals surface area contributed by atoms with Crippen molar-refractivity contribution in [2.45, 2.75) is 44.2 Å². The second kappa shape index (κ2) is 8.00. The number of amides is 1. The fraction of sp³-hybridized carbons (Fsp3) is 0.562. The number of ether oxygens (including phenoxy) is 1. The molecule has 2 atom stereocenters. The van der Waals surface area contributed by atoms with E-state index in [2.05, 4.69) is 5.32 Å². The first-order chi connectivity index (χ1) is 10.1. The molecular weight excluding hydrogens is 268 g/mol. The van der Waals surface area contributed by atoms with Crippen molar-refractivity contribution in [1.82, 2.24) is 5.32 Å². The first kappa shape index (κ1) is 15.8. The number of nitrogens with two attached hydrogens (primary N) is 1. The minimum atomic E-state index is -0.568. The van der Waals surface area contributed by atoms with Crippen molar-refractivity contribution >= 4 is 5.91 Å². The Morgan fingerprint density at radius 2 is 2.14 bits per heavy atom. The molecular formula is C16H24N2O3. The lowest BCUT2D eigenvalue weighted by atomic mass is 10.0. The highest BCUT2D eigenvalue weighted by molar-refractivity contribution is 5.81. The van der Waals surface area contributed by atoms with Crippen LogP contribution >= 0.6 is 0 Å². The summed E-state index contributed by atoms with van der Waals surface area (Å²) in [5, 5.41) is 12.1. The Kier molecular flexibility index (Phi) is 6.02. The summed E-state index contributed by atoms with van der Waals surface area (Å²) in [6.45, 7) is 1.44. The van der Waals surface area contributed by atoms with E-state index in [1.165, 1.54) is 6.42 Å². The summed E-state index contributed by atoms with van der Waals surface area (Å²) in [4.78, 5) is 11.9. The number of hydrogen-bond acceptors (Lipinski definition) is 4. The minimum Gasteiger partial charge on any atom is -0.508 e. The molecule has 1 aliphatic rings. The number of phenols is 1. The number of carbonyl (C=O) groups excluding carboxylic acids is 1. The van der Waals surface area contributed by atoms with Gasteiger partial charge in [-0.25, -0.2) is 0 Å². The molecule has 1 heterocycles. The van der Waals surface area contributed by atoms with Crippen LogP contribution in [-0.4, -0.2) is 36.3 Å². The van der Waals surface area contributed by atoms with Crippen molar-refractivity contribution in [3.63, 3.8) is 0 Å². The third-order valence-corrected chi connectivity index (χ3v) is 3.77. The van der Waals surface area contributed by atoms with Crippen molar-refractivity contribution in [1.29, 1.82) is 0 Å². The molecule has 4 N–H and O–H groups in total. The van der Waals surface area contributed by atoms with E-state index in [-0.39, 0.29) is 17.8 Å². The molecule has 0 aromatic heterocycles. The fourth-order valence-electron chi connectivity index (χ4n) is 2.50. The summed E-state index contributed by atoms with van der Waals surface area (Å²) in [5.41, 5.74) is 6.84. The van der Waals surface area contributed by atoms with Crippen molar-refractivity contribution in [3.8, 4) is 5.75 Å². The topological polar surface area (TPSA) is 84.6 Å². The quantitative estimate of drug-likeness (QED) is 0.738. The van der Waals surface area contributed by atoms with Crippen LogP contribution < -0.4 is 11.1 Å². The van der Waals surface area contributed by atoms with E-state index in [9.17, 15) is 9.90 Å².